The van der Waals surface area contributed by atoms with Gasteiger partial charge in [0.25, 0.3) is 0 Å². The minimum atomic E-state index is -0.272. The molecule has 1 aliphatic heterocycles. The van der Waals surface area contributed by atoms with Crippen LogP contribution < -0.4 is 4.90 Å². The number of aromatic nitrogens is 3. The maximum Gasteiger partial charge on any atom is 0.224 e. The van der Waals surface area contributed by atoms with E-state index in [-0.39, 0.29) is 17.6 Å². The smallest absolute Gasteiger partial charge is 0.224 e. The molecule has 0 radical (unpaired) electrons. The zero-order valence-corrected chi connectivity index (χ0v) is 18.5. The number of anilines is 1. The van der Waals surface area contributed by atoms with E-state index in [9.17, 15) is 9.18 Å². The predicted octanol–water partition coefficient (Wildman–Crippen LogP) is 4.22. The molecule has 7 heteroatoms. The molecule has 0 saturated carbocycles. The van der Waals surface area contributed by atoms with Crippen molar-refractivity contribution in [3.05, 3.63) is 72.3 Å². The van der Waals surface area contributed by atoms with Crippen LogP contribution >= 0.6 is 0 Å². The Morgan fingerprint density at radius 3 is 2.78 bits per heavy atom. The van der Waals surface area contributed by atoms with Crippen molar-refractivity contribution in [2.45, 2.75) is 32.1 Å². The van der Waals surface area contributed by atoms with E-state index in [1.165, 1.54) is 18.5 Å². The highest BCUT2D eigenvalue weighted by molar-refractivity contribution is 5.77. The molecule has 0 unspecified atom stereocenters. The predicted molar refractivity (Wildman–Crippen MR) is 123 cm³/mol. The molecule has 6 nitrogen and oxygen atoms in total. The number of carbonyl (C=O) groups excluding carboxylic acids is 1. The average Bonchev–Trinajstić information content (AvgIpc) is 2.82. The first-order chi connectivity index (χ1) is 15.5. The van der Waals surface area contributed by atoms with Crippen molar-refractivity contribution < 1.29 is 9.18 Å². The Labute approximate surface area is 188 Å². The maximum atomic E-state index is 13.5. The number of benzene rings is 1. The van der Waals surface area contributed by atoms with Crippen molar-refractivity contribution in [2.24, 2.45) is 0 Å². The molecule has 3 aromatic rings. The van der Waals surface area contributed by atoms with Crippen LogP contribution in [0, 0.1) is 12.7 Å². The van der Waals surface area contributed by atoms with Crippen LogP contribution in [0.4, 0.5) is 10.1 Å². The van der Waals surface area contributed by atoms with Gasteiger partial charge in [-0.1, -0.05) is 6.07 Å². The van der Waals surface area contributed by atoms with E-state index in [1.807, 2.05) is 35.9 Å². The van der Waals surface area contributed by atoms with Gasteiger partial charge in [-0.05, 0) is 55.7 Å². The SMILES string of the molecule is Cc1cc(-c2cncnc2)cc([C@@H]2CCCN(C(=O)CCN(C)c3cccc(F)c3)C2)n1. The number of hydrogen-bond donors (Lipinski definition) is 0. The number of carbonyl (C=O) groups is 1. The number of piperidine rings is 1. The van der Waals surface area contributed by atoms with Crippen LogP contribution in [-0.4, -0.2) is 52.4 Å². The molecule has 2 aromatic heterocycles. The van der Waals surface area contributed by atoms with Gasteiger partial charge in [0.2, 0.25) is 5.91 Å². The van der Waals surface area contributed by atoms with Gasteiger partial charge in [0, 0.05) is 74.1 Å². The van der Waals surface area contributed by atoms with Gasteiger partial charge < -0.3 is 9.80 Å². The lowest BCUT2D eigenvalue weighted by Crippen LogP contribution is -2.40. The van der Waals surface area contributed by atoms with E-state index in [4.69, 9.17) is 4.98 Å². The number of pyridine rings is 1. The summed E-state index contributed by atoms with van der Waals surface area (Å²) in [4.78, 5) is 29.8. The standard InChI is InChI=1S/C25H28FN5O/c1-18-11-20(21-14-27-17-28-15-21)12-24(29-18)19-5-4-9-31(16-19)25(32)8-10-30(2)23-7-3-6-22(26)13-23/h3,6-7,11-15,17,19H,4-5,8-10,16H2,1-2H3/t19-/m1/s1. The van der Waals surface area contributed by atoms with Crippen molar-refractivity contribution in [1.29, 1.82) is 0 Å². The third kappa shape index (κ3) is 5.28. The second kappa shape index (κ2) is 9.85. The van der Waals surface area contributed by atoms with Gasteiger partial charge in [-0.3, -0.25) is 9.78 Å². The Hall–Kier alpha value is -3.35. The summed E-state index contributed by atoms with van der Waals surface area (Å²) < 4.78 is 13.5. The number of hydrogen-bond acceptors (Lipinski definition) is 5. The molecule has 0 spiro atoms. The fourth-order valence-electron chi connectivity index (χ4n) is 4.23. The lowest BCUT2D eigenvalue weighted by Gasteiger charge is -2.33. The molecule has 4 rings (SSSR count). The van der Waals surface area contributed by atoms with Crippen LogP contribution in [-0.2, 0) is 4.79 Å². The van der Waals surface area contributed by atoms with Crippen molar-refractivity contribution in [1.82, 2.24) is 19.9 Å². The molecule has 0 aliphatic carbocycles. The van der Waals surface area contributed by atoms with Crippen molar-refractivity contribution in [3.8, 4) is 11.1 Å². The number of nitrogens with zero attached hydrogens (tertiary/aromatic N) is 5. The van der Waals surface area contributed by atoms with Crippen LogP contribution in [0.15, 0.2) is 55.1 Å². The number of halogens is 1. The molecular weight excluding hydrogens is 405 g/mol. The summed E-state index contributed by atoms with van der Waals surface area (Å²) >= 11 is 0. The van der Waals surface area contributed by atoms with Gasteiger partial charge in [0.15, 0.2) is 0 Å². The molecule has 1 fully saturated rings. The van der Waals surface area contributed by atoms with Gasteiger partial charge in [0.05, 0.1) is 0 Å². The molecule has 166 valence electrons. The third-order valence-corrected chi connectivity index (χ3v) is 5.97. The van der Waals surface area contributed by atoms with Crippen molar-refractivity contribution in [2.75, 3.05) is 31.6 Å². The number of aryl methyl sites for hydroxylation is 1. The van der Waals surface area contributed by atoms with Crippen LogP contribution in [0.2, 0.25) is 0 Å². The van der Waals surface area contributed by atoms with E-state index < -0.39 is 0 Å². The van der Waals surface area contributed by atoms with Crippen molar-refractivity contribution >= 4 is 11.6 Å². The van der Waals surface area contributed by atoms with Crippen molar-refractivity contribution in [3.63, 3.8) is 0 Å². The van der Waals surface area contributed by atoms with E-state index >= 15 is 0 Å². The second-order valence-electron chi connectivity index (χ2n) is 8.38. The lowest BCUT2D eigenvalue weighted by atomic mass is 9.92. The Morgan fingerprint density at radius 1 is 1.19 bits per heavy atom. The molecule has 1 saturated heterocycles. The highest BCUT2D eigenvalue weighted by Crippen LogP contribution is 2.29. The molecule has 0 N–H and O–H groups in total. The highest BCUT2D eigenvalue weighted by Gasteiger charge is 2.26. The third-order valence-electron chi connectivity index (χ3n) is 5.97. The fraction of sp³-hybridized carbons (Fsp3) is 0.360. The molecule has 32 heavy (non-hydrogen) atoms. The summed E-state index contributed by atoms with van der Waals surface area (Å²) in [6, 6.07) is 10.6. The maximum absolute atomic E-state index is 13.5. The van der Waals surface area contributed by atoms with Crippen LogP contribution in [0.1, 0.15) is 36.6 Å². The van der Waals surface area contributed by atoms with E-state index in [2.05, 4.69) is 16.0 Å². The van der Waals surface area contributed by atoms with Crippen LogP contribution in [0.3, 0.4) is 0 Å². The Bertz CT molecular complexity index is 1070. The molecule has 1 atom stereocenters. The molecule has 3 heterocycles. The first kappa shape index (κ1) is 21.9. The van der Waals surface area contributed by atoms with Gasteiger partial charge in [-0.2, -0.15) is 0 Å². The first-order valence-electron chi connectivity index (χ1n) is 11.0. The number of rotatable bonds is 6. The topological polar surface area (TPSA) is 62.2 Å². The second-order valence-corrected chi connectivity index (χ2v) is 8.38. The summed E-state index contributed by atoms with van der Waals surface area (Å²) in [6.07, 6.45) is 7.49. The summed E-state index contributed by atoms with van der Waals surface area (Å²) in [5.74, 6) is 0.0610. The molecule has 0 bridgehead atoms. The summed E-state index contributed by atoms with van der Waals surface area (Å²) in [7, 11) is 1.88. The van der Waals surface area contributed by atoms with Crippen LogP contribution in [0.5, 0.6) is 0 Å². The minimum absolute atomic E-state index is 0.127. The normalized spacial score (nSPS) is 16.1. The Balaban J connectivity index is 1.41. The Morgan fingerprint density at radius 2 is 2.00 bits per heavy atom. The average molecular weight is 434 g/mol. The number of likely N-dealkylation sites (tertiary alicyclic amines) is 1. The first-order valence-corrected chi connectivity index (χ1v) is 11.0. The monoisotopic (exact) mass is 433 g/mol. The summed E-state index contributed by atoms with van der Waals surface area (Å²) in [5, 5.41) is 0. The van der Waals surface area contributed by atoms with Gasteiger partial charge in [-0.25, -0.2) is 14.4 Å². The molecule has 1 amide bonds. The van der Waals surface area contributed by atoms with Gasteiger partial charge >= 0.3 is 0 Å². The largest absolute Gasteiger partial charge is 0.374 e. The quantitative estimate of drug-likeness (QED) is 0.583. The summed E-state index contributed by atoms with van der Waals surface area (Å²) in [5.41, 5.74) is 4.74. The van der Waals surface area contributed by atoms with E-state index in [1.54, 1.807) is 18.5 Å². The molecule has 1 aromatic carbocycles. The molecule has 1 aliphatic rings. The highest BCUT2D eigenvalue weighted by atomic mass is 19.1. The number of amides is 1. The Kier molecular flexibility index (Phi) is 6.73. The molecular formula is C25H28FN5O. The fourth-order valence-corrected chi connectivity index (χ4v) is 4.23. The lowest BCUT2D eigenvalue weighted by molar-refractivity contribution is -0.132. The van der Waals surface area contributed by atoms with E-state index in [0.29, 0.717) is 19.5 Å². The van der Waals surface area contributed by atoms with Gasteiger partial charge in [0.1, 0.15) is 12.1 Å². The van der Waals surface area contributed by atoms with Crippen LogP contribution in [0.25, 0.3) is 11.1 Å². The van der Waals surface area contributed by atoms with E-state index in [0.717, 1.165) is 47.6 Å². The zero-order valence-electron chi connectivity index (χ0n) is 18.5. The van der Waals surface area contributed by atoms with Gasteiger partial charge in [-0.15, -0.1) is 0 Å². The zero-order chi connectivity index (χ0) is 22.5. The minimum Gasteiger partial charge on any atom is -0.374 e. The summed E-state index contributed by atoms with van der Waals surface area (Å²) in [6.45, 7) is 3.98.